The van der Waals surface area contributed by atoms with Gasteiger partial charge in [-0.25, -0.2) is 0 Å². The van der Waals surface area contributed by atoms with E-state index in [1.165, 1.54) is 0 Å². The van der Waals surface area contributed by atoms with Crippen molar-refractivity contribution in [3.63, 3.8) is 0 Å². The second-order valence-corrected chi connectivity index (χ2v) is 7.22. The lowest BCUT2D eigenvalue weighted by Crippen LogP contribution is -2.49. The minimum Gasteiger partial charge on any atom is -0.379 e. The Morgan fingerprint density at radius 1 is 1.32 bits per heavy atom. The predicted molar refractivity (Wildman–Crippen MR) is 100 cm³/mol. The quantitative estimate of drug-likeness (QED) is 0.765. The first-order chi connectivity index (χ1) is 11.9. The highest BCUT2D eigenvalue weighted by molar-refractivity contribution is 5.92. The molecule has 1 saturated heterocycles. The number of hydrogen-bond acceptors (Lipinski definition) is 4. The van der Waals surface area contributed by atoms with E-state index >= 15 is 0 Å². The number of ether oxygens (including phenoxy) is 1. The van der Waals surface area contributed by atoms with Gasteiger partial charge in [0.15, 0.2) is 0 Å². The van der Waals surface area contributed by atoms with Gasteiger partial charge >= 0.3 is 0 Å². The maximum atomic E-state index is 12.3. The largest absolute Gasteiger partial charge is 0.379 e. The average molecular weight is 348 g/mol. The van der Waals surface area contributed by atoms with Crippen molar-refractivity contribution >= 4 is 12.0 Å². The van der Waals surface area contributed by atoms with E-state index in [0.717, 1.165) is 49.7 Å². The molecule has 6 heteroatoms. The van der Waals surface area contributed by atoms with Gasteiger partial charge in [0, 0.05) is 50.1 Å². The van der Waals surface area contributed by atoms with E-state index in [-0.39, 0.29) is 5.91 Å². The summed E-state index contributed by atoms with van der Waals surface area (Å²) in [6.07, 6.45) is 4.55. The Bertz CT molecular complexity index is 601. The maximum absolute atomic E-state index is 12.3. The lowest BCUT2D eigenvalue weighted by molar-refractivity contribution is -0.116. The predicted octanol–water partition coefficient (Wildman–Crippen LogP) is 1.91. The van der Waals surface area contributed by atoms with E-state index in [1.54, 1.807) is 6.08 Å². The molecule has 1 aliphatic heterocycles. The molecule has 6 nitrogen and oxygen atoms in total. The van der Waals surface area contributed by atoms with E-state index in [1.807, 2.05) is 31.7 Å². The maximum Gasteiger partial charge on any atom is 0.244 e. The van der Waals surface area contributed by atoms with Crippen molar-refractivity contribution in [1.82, 2.24) is 20.0 Å². The molecule has 0 saturated carbocycles. The minimum absolute atomic E-state index is 0.0512. The Kier molecular flexibility index (Phi) is 7.20. The van der Waals surface area contributed by atoms with E-state index in [2.05, 4.69) is 29.2 Å². The molecule has 1 aliphatic rings. The van der Waals surface area contributed by atoms with Crippen LogP contribution in [-0.2, 0) is 16.6 Å². The Hall–Kier alpha value is -1.66. The first kappa shape index (κ1) is 19.7. The third kappa shape index (κ3) is 5.68. The number of nitrogens with zero attached hydrogens (tertiary/aromatic N) is 3. The highest BCUT2D eigenvalue weighted by Gasteiger charge is 2.22. The third-order valence-electron chi connectivity index (χ3n) is 4.78. The topological polar surface area (TPSA) is 59.4 Å². The molecule has 2 rings (SSSR count). The number of carbonyl (C=O) groups excluding carboxylic acids is 1. The number of amides is 1. The average Bonchev–Trinajstić information content (AvgIpc) is 2.82. The normalized spacial score (nSPS) is 17.4. The second kappa shape index (κ2) is 9.15. The summed E-state index contributed by atoms with van der Waals surface area (Å²) in [6.45, 7) is 12.5. The fourth-order valence-electron chi connectivity index (χ4n) is 3.32. The van der Waals surface area contributed by atoms with Crippen molar-refractivity contribution in [3.8, 4) is 0 Å². The van der Waals surface area contributed by atoms with Crippen LogP contribution < -0.4 is 5.32 Å². The van der Waals surface area contributed by atoms with E-state index < -0.39 is 0 Å². The zero-order valence-electron chi connectivity index (χ0n) is 16.2. The zero-order chi connectivity index (χ0) is 18.4. The molecule has 1 amide bonds. The Balaban J connectivity index is 1.92. The molecule has 0 aromatic carbocycles. The van der Waals surface area contributed by atoms with Crippen LogP contribution >= 0.6 is 0 Å². The Morgan fingerprint density at radius 2 is 2.00 bits per heavy atom. The molecule has 1 atom stereocenters. The van der Waals surface area contributed by atoms with Gasteiger partial charge in [-0.2, -0.15) is 5.10 Å². The SMILES string of the molecule is Cc1nn(C)c(C)c1/C=C/C(=O)NCC(CC(C)C)N1CCOCC1. The van der Waals surface area contributed by atoms with E-state index in [4.69, 9.17) is 4.74 Å². The van der Waals surface area contributed by atoms with Crippen LogP contribution in [0.15, 0.2) is 6.08 Å². The van der Waals surface area contributed by atoms with Gasteiger partial charge in [0.05, 0.1) is 18.9 Å². The van der Waals surface area contributed by atoms with E-state index in [0.29, 0.717) is 18.5 Å². The second-order valence-electron chi connectivity index (χ2n) is 7.22. The monoisotopic (exact) mass is 348 g/mol. The van der Waals surface area contributed by atoms with Crippen LogP contribution in [0.3, 0.4) is 0 Å². The lowest BCUT2D eigenvalue weighted by Gasteiger charge is -2.35. The number of nitrogens with one attached hydrogen (secondary N) is 1. The molecule has 140 valence electrons. The van der Waals surface area contributed by atoms with Crippen molar-refractivity contribution in [2.75, 3.05) is 32.8 Å². The highest BCUT2D eigenvalue weighted by atomic mass is 16.5. The molecule has 1 aromatic rings. The van der Waals surface area contributed by atoms with Crippen molar-refractivity contribution < 1.29 is 9.53 Å². The van der Waals surface area contributed by atoms with Crippen molar-refractivity contribution in [2.24, 2.45) is 13.0 Å². The van der Waals surface area contributed by atoms with Gasteiger partial charge in [0.2, 0.25) is 5.91 Å². The number of aromatic nitrogens is 2. The molecular weight excluding hydrogens is 316 g/mol. The third-order valence-corrected chi connectivity index (χ3v) is 4.78. The zero-order valence-corrected chi connectivity index (χ0v) is 16.2. The van der Waals surface area contributed by atoms with Gasteiger partial charge in [-0.3, -0.25) is 14.4 Å². The summed E-state index contributed by atoms with van der Waals surface area (Å²) in [5.74, 6) is 0.547. The first-order valence-electron chi connectivity index (χ1n) is 9.16. The molecule has 1 fully saturated rings. The highest BCUT2D eigenvalue weighted by Crippen LogP contribution is 2.14. The van der Waals surface area contributed by atoms with Crippen LogP contribution in [0.25, 0.3) is 6.08 Å². The van der Waals surface area contributed by atoms with Crippen molar-refractivity contribution in [1.29, 1.82) is 0 Å². The van der Waals surface area contributed by atoms with Crippen LogP contribution in [0.2, 0.25) is 0 Å². The summed E-state index contributed by atoms with van der Waals surface area (Å²) < 4.78 is 7.28. The molecule has 1 unspecified atom stereocenters. The van der Waals surface area contributed by atoms with Gasteiger partial charge in [-0.1, -0.05) is 13.8 Å². The number of carbonyl (C=O) groups is 1. The summed E-state index contributed by atoms with van der Waals surface area (Å²) in [5.41, 5.74) is 3.02. The van der Waals surface area contributed by atoms with Gasteiger partial charge in [-0.05, 0) is 32.3 Å². The molecule has 0 aliphatic carbocycles. The van der Waals surface area contributed by atoms with Crippen LogP contribution in [0.4, 0.5) is 0 Å². The van der Waals surface area contributed by atoms with Gasteiger partial charge in [-0.15, -0.1) is 0 Å². The molecule has 0 spiro atoms. The molecular formula is C19H32N4O2. The molecule has 0 radical (unpaired) electrons. The number of aryl methyl sites for hydroxylation is 2. The van der Waals surface area contributed by atoms with Crippen LogP contribution in [0, 0.1) is 19.8 Å². The fraction of sp³-hybridized carbons (Fsp3) is 0.684. The summed E-state index contributed by atoms with van der Waals surface area (Å²) in [7, 11) is 1.92. The van der Waals surface area contributed by atoms with Crippen LogP contribution in [0.1, 0.15) is 37.2 Å². The smallest absolute Gasteiger partial charge is 0.244 e. The van der Waals surface area contributed by atoms with Gasteiger partial charge in [0.1, 0.15) is 0 Å². The summed E-state index contributed by atoms with van der Waals surface area (Å²) in [5, 5.41) is 7.44. The lowest BCUT2D eigenvalue weighted by atomic mass is 10.0. The molecule has 1 N–H and O–H groups in total. The Morgan fingerprint density at radius 3 is 2.56 bits per heavy atom. The molecule has 25 heavy (non-hydrogen) atoms. The summed E-state index contributed by atoms with van der Waals surface area (Å²) in [6, 6.07) is 0.364. The van der Waals surface area contributed by atoms with Gasteiger partial charge < -0.3 is 10.1 Å². The first-order valence-corrected chi connectivity index (χ1v) is 9.16. The summed E-state index contributed by atoms with van der Waals surface area (Å²) in [4.78, 5) is 14.7. The molecule has 0 bridgehead atoms. The van der Waals surface area contributed by atoms with Crippen LogP contribution in [0.5, 0.6) is 0 Å². The van der Waals surface area contributed by atoms with Gasteiger partial charge in [0.25, 0.3) is 0 Å². The van der Waals surface area contributed by atoms with Crippen molar-refractivity contribution in [3.05, 3.63) is 23.0 Å². The minimum atomic E-state index is -0.0512. The standard InChI is InChI=1S/C19H32N4O2/c1-14(2)12-17(23-8-10-25-11-9-23)13-20-19(24)7-6-18-15(3)21-22(5)16(18)4/h6-7,14,17H,8-13H2,1-5H3,(H,20,24)/b7-6+. The molecule has 1 aromatic heterocycles. The van der Waals surface area contributed by atoms with Crippen molar-refractivity contribution in [2.45, 2.75) is 40.2 Å². The number of morpholine rings is 1. The number of hydrogen-bond donors (Lipinski definition) is 1. The molecule has 2 heterocycles. The number of rotatable bonds is 7. The van der Waals surface area contributed by atoms with E-state index in [9.17, 15) is 4.79 Å². The Labute approximate surface area is 151 Å². The summed E-state index contributed by atoms with van der Waals surface area (Å²) >= 11 is 0. The van der Waals surface area contributed by atoms with Crippen LogP contribution in [-0.4, -0.2) is 59.5 Å². The fourth-order valence-corrected chi connectivity index (χ4v) is 3.32.